The van der Waals surface area contributed by atoms with E-state index < -0.39 is 91.4 Å². The Morgan fingerprint density at radius 3 is 0.833 bits per heavy atom. The maximum Gasteiger partial charge on any atom is 0.198 e. The van der Waals surface area contributed by atoms with Crippen molar-refractivity contribution < 1.29 is 35.1 Å². The zero-order valence-electron chi connectivity index (χ0n) is 68.6. The highest BCUT2D eigenvalue weighted by Crippen LogP contribution is 2.57. The van der Waals surface area contributed by atoms with E-state index in [-0.39, 0.29) is 50.5 Å². The van der Waals surface area contributed by atoms with Gasteiger partial charge in [-0.25, -0.2) is 69.7 Å². The van der Waals surface area contributed by atoms with Gasteiger partial charge in [-0.15, -0.1) is 0 Å². The minimum Gasteiger partial charge on any atom is -0.353 e. The van der Waals surface area contributed by atoms with E-state index in [2.05, 4.69) is 52.6 Å². The van der Waals surface area contributed by atoms with E-state index in [1.807, 2.05) is 256 Å². The fourth-order valence-electron chi connectivity index (χ4n) is 16.6. The Morgan fingerprint density at radius 2 is 0.492 bits per heavy atom. The second-order valence-electron chi connectivity index (χ2n) is 31.2. The van der Waals surface area contributed by atoms with Gasteiger partial charge in [0.05, 0.1) is 83.7 Å². The predicted molar refractivity (Wildman–Crippen MR) is 469 cm³/mol. The lowest BCUT2D eigenvalue weighted by atomic mass is 9.99. The van der Waals surface area contributed by atoms with Gasteiger partial charge in [0.25, 0.3) is 0 Å². The highest BCUT2D eigenvalue weighted by molar-refractivity contribution is 6.27. The molecular weight excluding hydrogens is 1530 g/mol. The summed E-state index contributed by atoms with van der Waals surface area (Å²) < 4.78 is 139. The van der Waals surface area contributed by atoms with Crippen molar-refractivity contribution in [2.24, 2.45) is 0 Å². The standard InChI is InChI=1S/C96H82F8N16/c1-42-25-17-26-43(2)75(42)105-59-41-58-60(84(107-77-46(5)29-19-30-47(77)6)83(59)106-76-44(3)27-18-28-45(76)4)90-112-89(58)113-91-61-62(68(98)72(102)71(101)67(61)97)92(114-91)115-93-63-64(70(100)74(104)73(103)69(63)99)94(116-93)118-96-66-65(95(117-90)120(96)119-82-56(15)39-24-40-57(82)16)85(108-78-48(7)31-20-32-49(78)8)87(110-80-52(11)35-22-36-53(80)12)88(111-81-54(13)37-23-38-55(81)14)86(66)109-79-50(9)33-21-34-51(79)10/h17-41,105-111,119H,1-16H3,(H,112,113,114,115,116,117,118). The molecule has 0 aliphatic carbocycles. The van der Waals surface area contributed by atoms with Crippen LogP contribution in [0, 0.1) is 157 Å². The minimum absolute atomic E-state index is 0.0474. The molecule has 8 bridgehead atoms. The Kier molecular flexibility index (Phi) is 19.6. The topological polar surface area (TPSA) is 194 Å². The Labute approximate surface area is 686 Å². The normalized spacial score (nSPS) is 11.7. The number of hydrogen-bond acceptors (Lipinski definition) is 14. The van der Waals surface area contributed by atoms with E-state index in [0.717, 1.165) is 83.6 Å². The van der Waals surface area contributed by atoms with Crippen LogP contribution in [0.5, 0.6) is 0 Å². The number of aromatic nitrogens is 8. The Balaban J connectivity index is 1.22. The Bertz CT molecular complexity index is 6970. The molecule has 0 saturated heterocycles. The molecule has 2 aliphatic rings. The van der Waals surface area contributed by atoms with Crippen molar-refractivity contribution in [2.75, 3.05) is 42.6 Å². The van der Waals surface area contributed by atoms with Gasteiger partial charge in [-0.1, -0.05) is 146 Å². The van der Waals surface area contributed by atoms with E-state index in [1.54, 1.807) is 10.7 Å². The molecule has 0 atom stereocenters. The molecule has 0 amide bonds. The van der Waals surface area contributed by atoms with Crippen LogP contribution in [0.15, 0.2) is 152 Å². The molecule has 120 heavy (non-hydrogen) atoms. The molecule has 602 valence electrons. The lowest BCUT2D eigenvalue weighted by molar-refractivity contribution is 0.412. The molecular formula is C96H82F8N16. The molecule has 0 unspecified atom stereocenters. The van der Waals surface area contributed by atoms with Crippen LogP contribution in [0.25, 0.3) is 89.7 Å². The number of rotatable bonds is 16. The Morgan fingerprint density at radius 1 is 0.233 bits per heavy atom. The molecule has 2 aliphatic heterocycles. The summed E-state index contributed by atoms with van der Waals surface area (Å²) in [5.74, 6) is -19.3. The molecule has 16 nitrogen and oxygen atoms in total. The van der Waals surface area contributed by atoms with Gasteiger partial charge in [-0.05, 0) is 206 Å². The van der Waals surface area contributed by atoms with E-state index >= 15 is 35.1 Å². The molecule has 0 fully saturated rings. The first-order chi connectivity index (χ1) is 57.5. The van der Waals surface area contributed by atoms with Crippen LogP contribution >= 0.6 is 0 Å². The molecule has 17 rings (SSSR count). The van der Waals surface area contributed by atoms with Crippen molar-refractivity contribution in [2.45, 2.75) is 111 Å². The van der Waals surface area contributed by atoms with Crippen molar-refractivity contribution in [1.29, 1.82) is 0 Å². The molecule has 0 saturated carbocycles. The van der Waals surface area contributed by atoms with Crippen LogP contribution in [-0.2, 0) is 0 Å². The molecule has 0 spiro atoms. The molecule has 0 radical (unpaired) electrons. The van der Waals surface area contributed by atoms with Crippen molar-refractivity contribution in [3.8, 4) is 45.6 Å². The van der Waals surface area contributed by atoms with Crippen LogP contribution < -0.4 is 42.6 Å². The average Bonchev–Trinajstić information content (AvgIpc) is 1.49. The fraction of sp³-hybridized carbons (Fsp3) is 0.167. The second kappa shape index (κ2) is 30.1. The average molecular weight is 1610 g/mol. The Hall–Kier alpha value is -14.2. The largest absolute Gasteiger partial charge is 0.353 e. The predicted octanol–water partition coefficient (Wildman–Crippen LogP) is 26.5. The summed E-state index contributed by atoms with van der Waals surface area (Å²) in [5.41, 5.74) is 20.7. The van der Waals surface area contributed by atoms with Crippen LogP contribution in [-0.4, -0.2) is 39.6 Å². The van der Waals surface area contributed by atoms with Gasteiger partial charge in [0.15, 0.2) is 81.1 Å². The maximum atomic E-state index is 18.1. The van der Waals surface area contributed by atoms with Gasteiger partial charge in [0, 0.05) is 45.4 Å². The van der Waals surface area contributed by atoms with Crippen molar-refractivity contribution in [3.05, 3.63) is 287 Å². The van der Waals surface area contributed by atoms with Gasteiger partial charge in [-0.3, -0.25) is 5.43 Å². The molecule has 3 aromatic heterocycles. The number of aromatic amines is 1. The number of nitrogens with zero attached hydrogens (tertiary/aromatic N) is 7. The van der Waals surface area contributed by atoms with Gasteiger partial charge >= 0.3 is 0 Å². The molecule has 15 aromatic rings. The smallest absolute Gasteiger partial charge is 0.198 e. The summed E-state index contributed by atoms with van der Waals surface area (Å²) in [6, 6.07) is 48.7. The van der Waals surface area contributed by atoms with Gasteiger partial charge < -0.3 is 42.2 Å². The monoisotopic (exact) mass is 1610 g/mol. The van der Waals surface area contributed by atoms with Gasteiger partial charge in [0.2, 0.25) is 0 Å². The number of benzene rings is 12. The molecule has 5 heterocycles. The summed E-state index contributed by atoms with van der Waals surface area (Å²) in [7, 11) is 0. The van der Waals surface area contributed by atoms with Crippen LogP contribution in [0.1, 0.15) is 89.0 Å². The highest BCUT2D eigenvalue weighted by atomic mass is 19.2. The summed E-state index contributed by atoms with van der Waals surface area (Å²) >= 11 is 0. The number of halogens is 8. The minimum atomic E-state index is -2.30. The number of anilines is 15. The lowest BCUT2D eigenvalue weighted by Crippen LogP contribution is -2.13. The number of hydrogen-bond donors (Lipinski definition) is 9. The van der Waals surface area contributed by atoms with Crippen molar-refractivity contribution >= 4 is 129 Å². The third-order valence-corrected chi connectivity index (χ3v) is 23.0. The quantitative estimate of drug-likeness (QED) is 0.0252. The highest BCUT2D eigenvalue weighted by Gasteiger charge is 2.39. The van der Waals surface area contributed by atoms with Crippen LogP contribution in [0.3, 0.4) is 0 Å². The first-order valence-electron chi connectivity index (χ1n) is 39.1. The first kappa shape index (κ1) is 78.4. The maximum absolute atomic E-state index is 18.1. The number of para-hydroxylation sites is 8. The third kappa shape index (κ3) is 13.1. The van der Waals surface area contributed by atoms with E-state index in [0.29, 0.717) is 85.1 Å². The zero-order valence-corrected chi connectivity index (χ0v) is 68.6. The summed E-state index contributed by atoms with van der Waals surface area (Å²) in [6.07, 6.45) is 0. The third-order valence-electron chi connectivity index (χ3n) is 23.0. The SMILES string of the molecule is Cc1cccc(C)c1Nc1cc2c(c(Nc3c(C)cccc3C)c1Nc1c(C)cccc1C)-c1nc-2nc2[nH]c(nc3nc(nc4c5c(Nc6c(C)cccc6C)c(Nc6c(C)cccc6C)c(Nc6c(C)cccc6C)c(Nc6c(C)cccc6C)c5c(n1)n4Nc1c(C)cccc1C)-c1c(F)c(F)c(F)c(F)c1-3)c1c(F)c(F)c(F)c(F)c21. The van der Waals surface area contributed by atoms with Crippen LogP contribution in [0.4, 0.5) is 120 Å². The van der Waals surface area contributed by atoms with Gasteiger partial charge in [-0.2, -0.15) is 0 Å². The zero-order chi connectivity index (χ0) is 84.6. The summed E-state index contributed by atoms with van der Waals surface area (Å²) in [6.45, 7) is 31.4. The van der Waals surface area contributed by atoms with E-state index in [4.69, 9.17) is 24.9 Å². The number of aryl methyl sites for hydroxylation is 16. The summed E-state index contributed by atoms with van der Waals surface area (Å²) in [4.78, 5) is 34.2. The van der Waals surface area contributed by atoms with Gasteiger partial charge in [0.1, 0.15) is 11.3 Å². The van der Waals surface area contributed by atoms with Crippen molar-refractivity contribution in [3.63, 3.8) is 0 Å². The number of fused-ring (bicyclic) bond motifs is 20. The molecule has 24 heteroatoms. The first-order valence-corrected chi connectivity index (χ1v) is 39.1. The van der Waals surface area contributed by atoms with E-state index in [9.17, 15) is 0 Å². The summed E-state index contributed by atoms with van der Waals surface area (Å²) in [5, 5.41) is 25.9. The molecule has 9 N–H and O–H groups in total. The lowest BCUT2D eigenvalue weighted by Gasteiger charge is -2.27. The molecule has 12 aromatic carbocycles. The van der Waals surface area contributed by atoms with Crippen molar-refractivity contribution in [1.82, 2.24) is 39.6 Å². The van der Waals surface area contributed by atoms with Crippen LogP contribution in [0.2, 0.25) is 0 Å². The second-order valence-corrected chi connectivity index (χ2v) is 31.2. The number of H-pyrrole nitrogens is 1. The number of nitrogens with one attached hydrogen (secondary N) is 9. The fourth-order valence-corrected chi connectivity index (χ4v) is 16.6. The van der Waals surface area contributed by atoms with E-state index in [1.165, 1.54) is 0 Å².